The third-order valence-electron chi connectivity index (χ3n) is 6.34. The number of aromatic amines is 2. The zero-order valence-corrected chi connectivity index (χ0v) is 19.4. The summed E-state index contributed by atoms with van der Waals surface area (Å²) in [6.45, 7) is 3.54. The standard InChI is InChI=1S/C23H26ClN7O3/c24-17-5-3-16(4-6-17)23(34)30-9-7-29(8-10-30)14-20(32)31(12-15-1-2-15)13-19-26-18-11-25-28-21(18)22(33)27-19/h3-6,11,15H,1-2,7-10,12-14H2,(H,25,28)(H,26,27,33). The molecule has 3 aromatic rings. The van der Waals surface area contributed by atoms with Crippen LogP contribution in [0.25, 0.3) is 11.0 Å². The summed E-state index contributed by atoms with van der Waals surface area (Å²) in [5.74, 6) is 0.926. The molecule has 0 unspecified atom stereocenters. The minimum atomic E-state index is -0.294. The van der Waals surface area contributed by atoms with Gasteiger partial charge in [-0.15, -0.1) is 0 Å². The summed E-state index contributed by atoms with van der Waals surface area (Å²) >= 11 is 5.92. The van der Waals surface area contributed by atoms with Gasteiger partial charge in [-0.25, -0.2) is 4.98 Å². The van der Waals surface area contributed by atoms with Gasteiger partial charge < -0.3 is 14.8 Å². The zero-order valence-electron chi connectivity index (χ0n) is 18.7. The lowest BCUT2D eigenvalue weighted by atomic mass is 10.2. The van der Waals surface area contributed by atoms with Gasteiger partial charge in [0.25, 0.3) is 11.5 Å². The average molecular weight is 484 g/mol. The smallest absolute Gasteiger partial charge is 0.276 e. The first-order valence-corrected chi connectivity index (χ1v) is 11.8. The molecule has 1 aromatic carbocycles. The van der Waals surface area contributed by atoms with Gasteiger partial charge in [-0.05, 0) is 43.0 Å². The topological polar surface area (TPSA) is 118 Å². The molecule has 2 aromatic heterocycles. The molecule has 10 nitrogen and oxygen atoms in total. The van der Waals surface area contributed by atoms with Crippen molar-refractivity contribution in [3.8, 4) is 0 Å². The number of aromatic nitrogens is 4. The summed E-state index contributed by atoms with van der Waals surface area (Å²) in [4.78, 5) is 51.0. The summed E-state index contributed by atoms with van der Waals surface area (Å²) in [5, 5.41) is 7.10. The monoisotopic (exact) mass is 483 g/mol. The molecule has 5 rings (SSSR count). The Labute approximate surface area is 200 Å². The zero-order chi connectivity index (χ0) is 23.7. The number of amides is 2. The molecule has 0 spiro atoms. The summed E-state index contributed by atoms with van der Waals surface area (Å²) in [6.07, 6.45) is 3.73. The van der Waals surface area contributed by atoms with E-state index in [4.69, 9.17) is 11.6 Å². The number of benzene rings is 1. The van der Waals surface area contributed by atoms with Crippen molar-refractivity contribution in [2.45, 2.75) is 19.4 Å². The molecule has 1 aliphatic carbocycles. The highest BCUT2D eigenvalue weighted by atomic mass is 35.5. The first-order valence-electron chi connectivity index (χ1n) is 11.4. The predicted molar refractivity (Wildman–Crippen MR) is 126 cm³/mol. The van der Waals surface area contributed by atoms with Crippen molar-refractivity contribution in [2.24, 2.45) is 5.92 Å². The fraction of sp³-hybridized carbons (Fsp3) is 0.435. The van der Waals surface area contributed by atoms with Crippen molar-refractivity contribution in [2.75, 3.05) is 39.3 Å². The third-order valence-corrected chi connectivity index (χ3v) is 6.59. The Balaban J connectivity index is 1.19. The molecule has 1 saturated heterocycles. The van der Waals surface area contributed by atoms with Crippen LogP contribution in [-0.2, 0) is 11.3 Å². The Hall–Kier alpha value is -3.24. The van der Waals surface area contributed by atoms with Gasteiger partial charge in [-0.2, -0.15) is 5.10 Å². The summed E-state index contributed by atoms with van der Waals surface area (Å²) in [5.41, 5.74) is 1.13. The number of nitrogens with one attached hydrogen (secondary N) is 2. The minimum absolute atomic E-state index is 0.000632. The second kappa shape index (κ2) is 9.55. The second-order valence-electron chi connectivity index (χ2n) is 8.94. The Kier molecular flexibility index (Phi) is 6.34. The summed E-state index contributed by atoms with van der Waals surface area (Å²) in [6, 6.07) is 6.89. The molecular formula is C23H26ClN7O3. The number of hydrogen-bond donors (Lipinski definition) is 2. The van der Waals surface area contributed by atoms with E-state index in [1.807, 2.05) is 0 Å². The number of hydrogen-bond acceptors (Lipinski definition) is 6. The van der Waals surface area contributed by atoms with Gasteiger partial charge in [0, 0.05) is 43.3 Å². The van der Waals surface area contributed by atoms with Crippen LogP contribution in [0.15, 0.2) is 35.3 Å². The van der Waals surface area contributed by atoms with Crippen molar-refractivity contribution < 1.29 is 9.59 Å². The maximum atomic E-state index is 13.2. The number of H-pyrrole nitrogens is 2. The average Bonchev–Trinajstić information content (AvgIpc) is 3.52. The van der Waals surface area contributed by atoms with E-state index in [2.05, 4.69) is 25.1 Å². The van der Waals surface area contributed by atoms with Crippen LogP contribution in [0.3, 0.4) is 0 Å². The number of halogens is 1. The number of carbonyl (C=O) groups is 2. The minimum Gasteiger partial charge on any atom is -0.336 e. The van der Waals surface area contributed by atoms with E-state index in [9.17, 15) is 14.4 Å². The molecule has 1 aliphatic heterocycles. The molecule has 34 heavy (non-hydrogen) atoms. The van der Waals surface area contributed by atoms with Crippen LogP contribution in [0.1, 0.15) is 29.0 Å². The highest BCUT2D eigenvalue weighted by Crippen LogP contribution is 2.30. The highest BCUT2D eigenvalue weighted by molar-refractivity contribution is 6.30. The Bertz CT molecular complexity index is 1240. The number of fused-ring (bicyclic) bond motifs is 1. The lowest BCUT2D eigenvalue weighted by Crippen LogP contribution is -2.51. The van der Waals surface area contributed by atoms with Gasteiger partial charge in [-0.3, -0.25) is 24.4 Å². The van der Waals surface area contributed by atoms with E-state index in [-0.39, 0.29) is 30.5 Å². The maximum absolute atomic E-state index is 13.2. The van der Waals surface area contributed by atoms with E-state index in [1.54, 1.807) is 34.1 Å². The van der Waals surface area contributed by atoms with Crippen LogP contribution in [-0.4, -0.2) is 85.9 Å². The molecule has 1 saturated carbocycles. The van der Waals surface area contributed by atoms with Gasteiger partial charge in [0.1, 0.15) is 16.9 Å². The van der Waals surface area contributed by atoms with Gasteiger partial charge in [0.05, 0.1) is 19.3 Å². The molecule has 2 N–H and O–H groups in total. The number of rotatable bonds is 7. The molecule has 0 atom stereocenters. The van der Waals surface area contributed by atoms with Crippen molar-refractivity contribution >= 4 is 34.4 Å². The number of piperazine rings is 1. The van der Waals surface area contributed by atoms with Crippen molar-refractivity contribution in [3.05, 3.63) is 57.2 Å². The normalized spacial score (nSPS) is 16.7. The Morgan fingerprint density at radius 2 is 1.85 bits per heavy atom. The van der Waals surface area contributed by atoms with Crippen molar-refractivity contribution in [3.63, 3.8) is 0 Å². The Morgan fingerprint density at radius 1 is 1.12 bits per heavy atom. The molecule has 178 valence electrons. The molecular weight excluding hydrogens is 458 g/mol. The van der Waals surface area contributed by atoms with Gasteiger partial charge in [0.2, 0.25) is 5.91 Å². The maximum Gasteiger partial charge on any atom is 0.276 e. The molecule has 0 radical (unpaired) electrons. The van der Waals surface area contributed by atoms with Gasteiger partial charge >= 0.3 is 0 Å². The predicted octanol–water partition coefficient (Wildman–Crippen LogP) is 1.50. The number of nitrogens with zero attached hydrogens (tertiary/aromatic N) is 5. The second-order valence-corrected chi connectivity index (χ2v) is 9.37. The molecule has 2 amide bonds. The largest absolute Gasteiger partial charge is 0.336 e. The Morgan fingerprint density at radius 3 is 2.56 bits per heavy atom. The van der Waals surface area contributed by atoms with E-state index in [0.29, 0.717) is 66.1 Å². The van der Waals surface area contributed by atoms with Crippen LogP contribution in [0.4, 0.5) is 0 Å². The van der Waals surface area contributed by atoms with E-state index in [0.717, 1.165) is 12.8 Å². The van der Waals surface area contributed by atoms with Gasteiger partial charge in [0.15, 0.2) is 0 Å². The van der Waals surface area contributed by atoms with Crippen molar-refractivity contribution in [1.82, 2.24) is 34.9 Å². The molecule has 11 heteroatoms. The van der Waals surface area contributed by atoms with Crippen LogP contribution in [0, 0.1) is 5.92 Å². The van der Waals surface area contributed by atoms with Crippen LogP contribution < -0.4 is 5.56 Å². The molecule has 2 fully saturated rings. The summed E-state index contributed by atoms with van der Waals surface area (Å²) < 4.78 is 0. The SMILES string of the molecule is O=C(CN1CCN(C(=O)c2ccc(Cl)cc2)CC1)N(Cc1nc2cn[nH]c2c(=O)[nH]1)CC1CC1. The van der Waals surface area contributed by atoms with Crippen LogP contribution in [0.2, 0.25) is 5.02 Å². The quantitative estimate of drug-likeness (QED) is 0.525. The van der Waals surface area contributed by atoms with Crippen LogP contribution >= 0.6 is 11.6 Å². The summed E-state index contributed by atoms with van der Waals surface area (Å²) in [7, 11) is 0. The fourth-order valence-electron chi connectivity index (χ4n) is 4.20. The van der Waals surface area contributed by atoms with Gasteiger partial charge in [-0.1, -0.05) is 11.6 Å². The van der Waals surface area contributed by atoms with E-state index >= 15 is 0 Å². The van der Waals surface area contributed by atoms with E-state index < -0.39 is 0 Å². The lowest BCUT2D eigenvalue weighted by Gasteiger charge is -2.35. The molecule has 0 bridgehead atoms. The number of carbonyl (C=O) groups excluding carboxylic acids is 2. The molecule has 3 heterocycles. The van der Waals surface area contributed by atoms with Crippen LogP contribution in [0.5, 0.6) is 0 Å². The molecule has 2 aliphatic rings. The first kappa shape index (κ1) is 22.5. The lowest BCUT2D eigenvalue weighted by molar-refractivity contribution is -0.133. The highest BCUT2D eigenvalue weighted by Gasteiger charge is 2.29. The first-order chi connectivity index (χ1) is 16.5. The third kappa shape index (κ3) is 5.13. The fourth-order valence-corrected chi connectivity index (χ4v) is 4.32. The van der Waals surface area contributed by atoms with Crippen molar-refractivity contribution in [1.29, 1.82) is 0 Å². The van der Waals surface area contributed by atoms with E-state index in [1.165, 1.54) is 6.20 Å².